The lowest BCUT2D eigenvalue weighted by atomic mass is 9.90. The number of amidine groups is 1. The number of nitrogens with zero attached hydrogens (tertiary/aromatic N) is 3. The van der Waals surface area contributed by atoms with Crippen molar-refractivity contribution < 1.29 is 22.3 Å². The molecule has 0 amide bonds. The van der Waals surface area contributed by atoms with Gasteiger partial charge in [0.05, 0.1) is 18.4 Å². The van der Waals surface area contributed by atoms with Crippen LogP contribution in [-0.2, 0) is 19.6 Å². The van der Waals surface area contributed by atoms with E-state index in [1.807, 2.05) is 6.92 Å². The second-order valence-corrected chi connectivity index (χ2v) is 11.4. The van der Waals surface area contributed by atoms with E-state index in [0.29, 0.717) is 41.5 Å². The van der Waals surface area contributed by atoms with Gasteiger partial charge in [-0.1, -0.05) is 24.6 Å². The Balaban J connectivity index is 1.82. The summed E-state index contributed by atoms with van der Waals surface area (Å²) in [7, 11) is -2.13. The molecule has 4 rings (SSSR count). The van der Waals surface area contributed by atoms with Gasteiger partial charge in [-0.3, -0.25) is 4.99 Å². The van der Waals surface area contributed by atoms with E-state index < -0.39 is 27.9 Å². The van der Waals surface area contributed by atoms with Crippen molar-refractivity contribution in [3.05, 3.63) is 62.5 Å². The van der Waals surface area contributed by atoms with Gasteiger partial charge in [0.1, 0.15) is 11.9 Å². The highest BCUT2D eigenvalue weighted by atomic mass is 35.5. The Hall–Kier alpha value is -2.34. The highest BCUT2D eigenvalue weighted by Gasteiger charge is 2.40. The van der Waals surface area contributed by atoms with Crippen LogP contribution in [0, 0.1) is 11.7 Å². The first-order valence-electron chi connectivity index (χ1n) is 10.7. The van der Waals surface area contributed by atoms with Crippen molar-refractivity contribution in [3.63, 3.8) is 0 Å². The fourth-order valence-corrected chi connectivity index (χ4v) is 6.65. The van der Waals surface area contributed by atoms with Crippen LogP contribution in [0.5, 0.6) is 0 Å². The monoisotopic (exact) mass is 526 g/mol. The first kappa shape index (κ1) is 24.8. The Morgan fingerprint density at radius 2 is 2.21 bits per heavy atom. The summed E-state index contributed by atoms with van der Waals surface area (Å²) in [6, 6.07) is 3.03. The maximum atomic E-state index is 13.8. The second kappa shape index (κ2) is 10.1. The minimum Gasteiger partial charge on any atom is -0.466 e. The van der Waals surface area contributed by atoms with E-state index in [0.717, 1.165) is 0 Å². The molecule has 3 heterocycles. The number of rotatable bonds is 7. The average Bonchev–Trinajstić information content (AvgIpc) is 3.50. The van der Waals surface area contributed by atoms with Gasteiger partial charge in [0, 0.05) is 46.9 Å². The molecule has 0 radical (unpaired) electrons. The Labute approximate surface area is 206 Å². The molecular formula is C22H24ClFN4O4S2. The molecule has 1 fully saturated rings. The molecule has 1 N–H and O–H groups in total. The summed E-state index contributed by atoms with van der Waals surface area (Å²) in [6.45, 7) is 2.39. The zero-order valence-electron chi connectivity index (χ0n) is 18.6. The van der Waals surface area contributed by atoms with Crippen LogP contribution >= 0.6 is 22.9 Å². The number of hydrogen-bond acceptors (Lipinski definition) is 8. The number of thiazole rings is 1. The molecule has 1 aromatic heterocycles. The van der Waals surface area contributed by atoms with Crippen molar-refractivity contribution >= 4 is 44.8 Å². The molecule has 0 spiro atoms. The summed E-state index contributed by atoms with van der Waals surface area (Å²) in [6.07, 6.45) is 2.67. The van der Waals surface area contributed by atoms with E-state index in [2.05, 4.69) is 10.3 Å². The largest absolute Gasteiger partial charge is 0.466 e. The number of sulfonamides is 1. The summed E-state index contributed by atoms with van der Waals surface area (Å²) in [4.78, 5) is 22.1. The molecular weight excluding hydrogens is 503 g/mol. The molecule has 2 atom stereocenters. The second-order valence-electron chi connectivity index (χ2n) is 7.99. The van der Waals surface area contributed by atoms with Gasteiger partial charge in [-0.2, -0.15) is 0 Å². The van der Waals surface area contributed by atoms with Gasteiger partial charge >= 0.3 is 5.97 Å². The number of ether oxygens (including phenoxy) is 1. The van der Waals surface area contributed by atoms with Crippen LogP contribution in [0.2, 0.25) is 5.02 Å². The van der Waals surface area contributed by atoms with E-state index in [1.165, 1.54) is 41.0 Å². The number of carbonyl (C=O) groups is 1. The normalized spacial score (nSPS) is 21.4. The molecule has 0 bridgehead atoms. The molecule has 182 valence electrons. The topological polar surface area (TPSA) is 101 Å². The zero-order valence-corrected chi connectivity index (χ0v) is 21.0. The van der Waals surface area contributed by atoms with Crippen molar-refractivity contribution in [2.75, 3.05) is 26.0 Å². The summed E-state index contributed by atoms with van der Waals surface area (Å²) in [5, 5.41) is 5.75. The highest BCUT2D eigenvalue weighted by Crippen LogP contribution is 2.40. The van der Waals surface area contributed by atoms with Crippen molar-refractivity contribution in [1.82, 2.24) is 14.6 Å². The van der Waals surface area contributed by atoms with Crippen molar-refractivity contribution in [2.24, 2.45) is 10.9 Å². The van der Waals surface area contributed by atoms with E-state index >= 15 is 0 Å². The third-order valence-electron chi connectivity index (χ3n) is 5.79. The first-order valence-corrected chi connectivity index (χ1v) is 13.6. The van der Waals surface area contributed by atoms with Gasteiger partial charge < -0.3 is 10.1 Å². The van der Waals surface area contributed by atoms with Crippen LogP contribution in [0.3, 0.4) is 0 Å². The van der Waals surface area contributed by atoms with Crippen LogP contribution < -0.4 is 5.32 Å². The summed E-state index contributed by atoms with van der Waals surface area (Å²) < 4.78 is 45.6. The number of methoxy groups -OCH3 is 1. The van der Waals surface area contributed by atoms with Gasteiger partial charge in [-0.05, 0) is 25.0 Å². The number of nitrogens with one attached hydrogen (secondary N) is 1. The number of halogens is 2. The molecule has 1 aromatic carbocycles. The Morgan fingerprint density at radius 1 is 1.41 bits per heavy atom. The lowest BCUT2D eigenvalue weighted by Crippen LogP contribution is -2.38. The minimum absolute atomic E-state index is 0.0652. The predicted molar refractivity (Wildman–Crippen MR) is 129 cm³/mol. The van der Waals surface area contributed by atoms with E-state index in [9.17, 15) is 17.6 Å². The summed E-state index contributed by atoms with van der Waals surface area (Å²) >= 11 is 7.73. The van der Waals surface area contributed by atoms with Crippen molar-refractivity contribution in [1.29, 1.82) is 0 Å². The maximum absolute atomic E-state index is 13.8. The Morgan fingerprint density at radius 3 is 2.85 bits per heavy atom. The molecule has 2 aliphatic heterocycles. The summed E-state index contributed by atoms with van der Waals surface area (Å²) in [5.74, 6) is -0.936. The number of esters is 1. The first-order chi connectivity index (χ1) is 16.2. The van der Waals surface area contributed by atoms with Crippen LogP contribution in [0.25, 0.3) is 0 Å². The fourth-order valence-electron chi connectivity index (χ4n) is 4.22. The Kier molecular flexibility index (Phi) is 7.36. The molecule has 1 saturated heterocycles. The van der Waals surface area contributed by atoms with E-state index in [-0.39, 0.29) is 28.8 Å². The predicted octanol–water partition coefficient (Wildman–Crippen LogP) is 3.52. The number of benzene rings is 1. The van der Waals surface area contributed by atoms with Crippen LogP contribution in [0.1, 0.15) is 36.4 Å². The van der Waals surface area contributed by atoms with E-state index in [4.69, 9.17) is 21.3 Å². The smallest absolute Gasteiger partial charge is 0.338 e. The lowest BCUT2D eigenvalue weighted by Gasteiger charge is -2.30. The standard InChI is InChI=1S/C22H24ClFN4O4S2/c1-3-10-34(30,31)28-8-6-13(12-28)18-17(22(29)32-2)19(15-5-4-14(24)11-16(15)23)27-20(26-18)21-25-7-9-33-21/h4-5,7,9,11,13,19H,3,6,8,10,12H2,1-2H3,(H,26,27). The number of hydrogen-bond donors (Lipinski definition) is 1. The Bertz CT molecular complexity index is 1250. The van der Waals surface area contributed by atoms with Gasteiger partial charge in [-0.25, -0.2) is 26.9 Å². The van der Waals surface area contributed by atoms with Crippen LogP contribution in [0.15, 0.2) is 46.0 Å². The maximum Gasteiger partial charge on any atom is 0.338 e. The van der Waals surface area contributed by atoms with Crippen LogP contribution in [0.4, 0.5) is 4.39 Å². The van der Waals surface area contributed by atoms with Gasteiger partial charge in [0.25, 0.3) is 0 Å². The van der Waals surface area contributed by atoms with Gasteiger partial charge in [-0.15, -0.1) is 11.3 Å². The molecule has 2 aliphatic rings. The van der Waals surface area contributed by atoms with Crippen molar-refractivity contribution in [3.8, 4) is 0 Å². The van der Waals surface area contributed by atoms with Crippen LogP contribution in [-0.4, -0.2) is 55.5 Å². The summed E-state index contributed by atoms with van der Waals surface area (Å²) in [5.41, 5.74) is 1.17. The molecule has 0 saturated carbocycles. The number of aliphatic imine (C=N–C) groups is 1. The number of carbonyl (C=O) groups excluding carboxylic acids is 1. The fraction of sp³-hybridized carbons (Fsp3) is 0.409. The molecule has 12 heteroatoms. The minimum atomic E-state index is -3.40. The zero-order chi connectivity index (χ0) is 24.5. The third-order valence-corrected chi connectivity index (χ3v) is 8.94. The highest BCUT2D eigenvalue weighted by molar-refractivity contribution is 7.89. The number of aromatic nitrogens is 1. The quantitative estimate of drug-likeness (QED) is 0.554. The molecule has 0 aliphatic carbocycles. The van der Waals surface area contributed by atoms with Gasteiger partial charge in [0.2, 0.25) is 10.0 Å². The average molecular weight is 527 g/mol. The van der Waals surface area contributed by atoms with E-state index in [1.54, 1.807) is 11.6 Å². The third kappa shape index (κ3) is 4.88. The molecule has 2 unspecified atom stereocenters. The molecule has 34 heavy (non-hydrogen) atoms. The SMILES string of the molecule is CCCS(=O)(=O)N1CCC(C2=C(C(=O)OC)C(c3ccc(F)cc3Cl)N=C(c3nccs3)N2)C1. The van der Waals surface area contributed by atoms with Gasteiger partial charge in [0.15, 0.2) is 10.8 Å². The van der Waals surface area contributed by atoms with Crippen molar-refractivity contribution in [2.45, 2.75) is 25.8 Å². The molecule has 8 nitrogen and oxygen atoms in total. The lowest BCUT2D eigenvalue weighted by molar-refractivity contribution is -0.136. The molecule has 2 aromatic rings.